The predicted octanol–water partition coefficient (Wildman–Crippen LogP) is 4.29. The van der Waals surface area contributed by atoms with Crippen LogP contribution in [0.15, 0.2) is 60.2 Å². The second-order valence-corrected chi connectivity index (χ2v) is 6.01. The maximum absolute atomic E-state index is 12.1. The SMILES string of the molecule is O=C(C=Cc1ccccc1)C1=CC=CC(Br)C1Br. The molecule has 0 spiro atoms. The molecule has 0 bridgehead atoms. The molecule has 0 heterocycles. The van der Waals surface area contributed by atoms with Crippen LogP contribution in [0.2, 0.25) is 0 Å². The van der Waals surface area contributed by atoms with Crippen LogP contribution < -0.4 is 0 Å². The number of benzene rings is 1. The van der Waals surface area contributed by atoms with Crippen molar-refractivity contribution < 1.29 is 4.79 Å². The van der Waals surface area contributed by atoms with E-state index in [0.29, 0.717) is 0 Å². The zero-order chi connectivity index (χ0) is 13.0. The number of alkyl halides is 2. The first-order chi connectivity index (χ1) is 8.68. The number of halogens is 2. The Morgan fingerprint density at radius 3 is 2.61 bits per heavy atom. The molecule has 2 rings (SSSR count). The molecule has 0 saturated carbocycles. The van der Waals surface area contributed by atoms with E-state index < -0.39 is 0 Å². The summed E-state index contributed by atoms with van der Waals surface area (Å²) < 4.78 is 0. The van der Waals surface area contributed by atoms with Crippen LogP contribution in [0.5, 0.6) is 0 Å². The maximum Gasteiger partial charge on any atom is 0.183 e. The van der Waals surface area contributed by atoms with Gasteiger partial charge in [0.15, 0.2) is 5.78 Å². The first-order valence-corrected chi connectivity index (χ1v) is 7.45. The predicted molar refractivity (Wildman–Crippen MR) is 83.1 cm³/mol. The molecule has 3 heteroatoms. The van der Waals surface area contributed by atoms with Gasteiger partial charge in [0, 0.05) is 10.4 Å². The van der Waals surface area contributed by atoms with Gasteiger partial charge in [0.1, 0.15) is 0 Å². The molecule has 0 aliphatic heterocycles. The van der Waals surface area contributed by atoms with Crippen LogP contribution in [0.1, 0.15) is 5.56 Å². The Bertz CT molecular complexity index is 515. The van der Waals surface area contributed by atoms with Gasteiger partial charge in [-0.2, -0.15) is 0 Å². The summed E-state index contributed by atoms with van der Waals surface area (Å²) in [6.45, 7) is 0. The fourth-order valence-corrected chi connectivity index (χ4v) is 2.69. The molecule has 0 saturated heterocycles. The van der Waals surface area contributed by atoms with E-state index in [9.17, 15) is 4.79 Å². The van der Waals surface area contributed by atoms with Crippen molar-refractivity contribution >= 4 is 43.7 Å². The number of ketones is 1. The molecule has 1 aliphatic carbocycles. The first-order valence-electron chi connectivity index (χ1n) is 5.62. The molecular weight excluding hydrogens is 356 g/mol. The highest BCUT2D eigenvalue weighted by atomic mass is 79.9. The lowest BCUT2D eigenvalue weighted by Gasteiger charge is -2.18. The second kappa shape index (κ2) is 6.30. The molecule has 1 aromatic rings. The van der Waals surface area contributed by atoms with Crippen LogP contribution in [0.3, 0.4) is 0 Å². The summed E-state index contributed by atoms with van der Waals surface area (Å²) in [5.41, 5.74) is 1.80. The Labute approximate surface area is 124 Å². The average Bonchev–Trinajstić information content (AvgIpc) is 2.40. The molecule has 18 heavy (non-hydrogen) atoms. The fourth-order valence-electron chi connectivity index (χ4n) is 1.68. The summed E-state index contributed by atoms with van der Waals surface area (Å²) >= 11 is 7.03. The summed E-state index contributed by atoms with van der Waals surface area (Å²) in [4.78, 5) is 12.3. The minimum atomic E-state index is 0.0235. The Balaban J connectivity index is 2.11. The lowest BCUT2D eigenvalue weighted by molar-refractivity contribution is -0.111. The van der Waals surface area contributed by atoms with Crippen molar-refractivity contribution in [2.24, 2.45) is 0 Å². The van der Waals surface area contributed by atoms with E-state index in [1.54, 1.807) is 6.08 Å². The van der Waals surface area contributed by atoms with Crippen LogP contribution in [-0.2, 0) is 4.79 Å². The molecule has 0 amide bonds. The normalized spacial score (nSPS) is 23.1. The third kappa shape index (κ3) is 3.30. The molecule has 0 radical (unpaired) electrons. The third-order valence-corrected chi connectivity index (χ3v) is 5.26. The monoisotopic (exact) mass is 366 g/mol. The minimum Gasteiger partial charge on any atom is -0.290 e. The van der Waals surface area contributed by atoms with Crippen molar-refractivity contribution in [3.05, 3.63) is 65.8 Å². The summed E-state index contributed by atoms with van der Waals surface area (Å²) in [5, 5.41) is 0. The van der Waals surface area contributed by atoms with E-state index in [1.165, 1.54) is 0 Å². The van der Waals surface area contributed by atoms with Crippen LogP contribution in [-0.4, -0.2) is 15.4 Å². The number of carbonyl (C=O) groups excluding carboxylic acids is 1. The molecule has 0 N–H and O–H groups in total. The van der Waals surface area contributed by atoms with Crippen LogP contribution >= 0.6 is 31.9 Å². The molecule has 92 valence electrons. The highest BCUT2D eigenvalue weighted by Crippen LogP contribution is 2.27. The zero-order valence-corrected chi connectivity index (χ0v) is 12.8. The quantitative estimate of drug-likeness (QED) is 0.575. The Kier molecular flexibility index (Phi) is 4.72. The van der Waals surface area contributed by atoms with E-state index in [-0.39, 0.29) is 15.4 Å². The van der Waals surface area contributed by atoms with Crippen LogP contribution in [0, 0.1) is 0 Å². The Hall–Kier alpha value is -0.930. The van der Waals surface area contributed by atoms with Gasteiger partial charge in [-0.05, 0) is 11.6 Å². The number of rotatable bonds is 3. The Morgan fingerprint density at radius 2 is 1.89 bits per heavy atom. The Morgan fingerprint density at radius 1 is 1.17 bits per heavy atom. The lowest BCUT2D eigenvalue weighted by Crippen LogP contribution is -2.21. The van der Waals surface area contributed by atoms with Crippen molar-refractivity contribution in [2.75, 3.05) is 0 Å². The van der Waals surface area contributed by atoms with Gasteiger partial charge in [-0.15, -0.1) is 0 Å². The van der Waals surface area contributed by atoms with Gasteiger partial charge in [0.2, 0.25) is 0 Å². The summed E-state index contributed by atoms with van der Waals surface area (Å²) in [7, 11) is 0. The van der Waals surface area contributed by atoms with Crippen molar-refractivity contribution in [2.45, 2.75) is 9.65 Å². The third-order valence-electron chi connectivity index (χ3n) is 2.66. The van der Waals surface area contributed by atoms with Crippen molar-refractivity contribution in [3.8, 4) is 0 Å². The molecule has 0 aromatic heterocycles. The fraction of sp³-hybridized carbons (Fsp3) is 0.133. The van der Waals surface area contributed by atoms with Gasteiger partial charge in [-0.25, -0.2) is 0 Å². The average molecular weight is 368 g/mol. The van der Waals surface area contributed by atoms with Crippen molar-refractivity contribution in [3.63, 3.8) is 0 Å². The summed E-state index contributed by atoms with van der Waals surface area (Å²) in [6.07, 6.45) is 9.23. The number of allylic oxidation sites excluding steroid dienone is 5. The van der Waals surface area contributed by atoms with Crippen molar-refractivity contribution in [1.29, 1.82) is 0 Å². The molecule has 1 aromatic carbocycles. The van der Waals surface area contributed by atoms with Gasteiger partial charge in [-0.3, -0.25) is 4.79 Å². The van der Waals surface area contributed by atoms with Crippen LogP contribution in [0.4, 0.5) is 0 Å². The van der Waals surface area contributed by atoms with Crippen LogP contribution in [0.25, 0.3) is 6.08 Å². The lowest BCUT2D eigenvalue weighted by atomic mass is 10.00. The van der Waals surface area contributed by atoms with Gasteiger partial charge >= 0.3 is 0 Å². The van der Waals surface area contributed by atoms with E-state index in [0.717, 1.165) is 11.1 Å². The number of carbonyl (C=O) groups is 1. The van der Waals surface area contributed by atoms with E-state index in [1.807, 2.05) is 54.6 Å². The zero-order valence-electron chi connectivity index (χ0n) is 9.59. The summed E-state index contributed by atoms with van der Waals surface area (Å²) in [5.74, 6) is 0.0366. The highest BCUT2D eigenvalue weighted by molar-refractivity contribution is 9.12. The molecule has 2 atom stereocenters. The first kappa shape index (κ1) is 13.5. The molecule has 0 fully saturated rings. The largest absolute Gasteiger partial charge is 0.290 e. The van der Waals surface area contributed by atoms with E-state index in [2.05, 4.69) is 31.9 Å². The van der Waals surface area contributed by atoms with Gasteiger partial charge in [0.05, 0.1) is 4.83 Å². The number of hydrogen-bond acceptors (Lipinski definition) is 1. The van der Waals surface area contributed by atoms with E-state index >= 15 is 0 Å². The van der Waals surface area contributed by atoms with Gasteiger partial charge in [-0.1, -0.05) is 86.5 Å². The van der Waals surface area contributed by atoms with Crippen molar-refractivity contribution in [1.82, 2.24) is 0 Å². The van der Waals surface area contributed by atoms with Gasteiger partial charge < -0.3 is 0 Å². The molecular formula is C15H12Br2O. The topological polar surface area (TPSA) is 17.1 Å². The smallest absolute Gasteiger partial charge is 0.183 e. The molecule has 2 unspecified atom stereocenters. The second-order valence-electron chi connectivity index (χ2n) is 3.96. The minimum absolute atomic E-state index is 0.0235. The molecule has 1 nitrogen and oxygen atoms in total. The number of hydrogen-bond donors (Lipinski definition) is 0. The standard InChI is InChI=1S/C15H12Br2O/c16-13-8-4-7-12(15(13)17)14(18)10-9-11-5-2-1-3-6-11/h1-10,13,15H. The van der Waals surface area contributed by atoms with E-state index in [4.69, 9.17) is 0 Å². The van der Waals surface area contributed by atoms with Gasteiger partial charge in [0.25, 0.3) is 0 Å². The molecule has 1 aliphatic rings. The highest BCUT2D eigenvalue weighted by Gasteiger charge is 2.23. The summed E-state index contributed by atoms with van der Waals surface area (Å²) in [6, 6.07) is 9.80. The maximum atomic E-state index is 12.1.